The number of amides is 1. The summed E-state index contributed by atoms with van der Waals surface area (Å²) in [5, 5.41) is 0. The topological polar surface area (TPSA) is 81.4 Å². The van der Waals surface area contributed by atoms with Crippen molar-refractivity contribution in [2.45, 2.75) is 45.5 Å². The summed E-state index contributed by atoms with van der Waals surface area (Å²) in [7, 11) is 0. The number of carbonyl (C=O) groups excluding carboxylic acids is 1. The van der Waals surface area contributed by atoms with Crippen molar-refractivity contribution in [2.24, 2.45) is 0 Å². The minimum absolute atomic E-state index is 0.0133. The summed E-state index contributed by atoms with van der Waals surface area (Å²) in [5.74, 6) is 0.270. The summed E-state index contributed by atoms with van der Waals surface area (Å²) in [6, 6.07) is 11.5. The third kappa shape index (κ3) is 5.96. The van der Waals surface area contributed by atoms with Crippen LogP contribution in [-0.2, 0) is 15.9 Å². The van der Waals surface area contributed by atoms with Gasteiger partial charge in [-0.15, -0.1) is 0 Å². The molecule has 0 N–H and O–H groups in total. The molecule has 0 spiro atoms. The van der Waals surface area contributed by atoms with E-state index in [0.29, 0.717) is 72.9 Å². The van der Waals surface area contributed by atoms with Gasteiger partial charge < -0.3 is 24.0 Å². The van der Waals surface area contributed by atoms with E-state index in [1.54, 1.807) is 46.0 Å². The van der Waals surface area contributed by atoms with Crippen LogP contribution in [0.15, 0.2) is 54.9 Å². The predicted octanol–water partition coefficient (Wildman–Crippen LogP) is 5.86. The van der Waals surface area contributed by atoms with E-state index in [0.717, 1.165) is 5.82 Å². The Morgan fingerprint density at radius 1 is 1.09 bits per heavy atom. The number of anilines is 1. The number of benzene rings is 1. The molecule has 1 saturated heterocycles. The number of para-hydroxylation sites is 1. The van der Waals surface area contributed by atoms with Crippen LogP contribution in [0.4, 0.5) is 23.8 Å². The first kappa shape index (κ1) is 28.8. The van der Waals surface area contributed by atoms with Crippen molar-refractivity contribution in [1.82, 2.24) is 19.3 Å². The van der Waals surface area contributed by atoms with Gasteiger partial charge in [0.2, 0.25) is 0 Å². The van der Waals surface area contributed by atoms with E-state index in [1.807, 2.05) is 26.8 Å². The fourth-order valence-corrected chi connectivity index (χ4v) is 5.47. The molecule has 1 atom stereocenters. The average molecular weight is 596 g/mol. The third-order valence-electron chi connectivity index (χ3n) is 7.43. The molecule has 1 aromatic carbocycles. The maximum atomic E-state index is 15.4. The first-order valence-electron chi connectivity index (χ1n) is 14.1. The van der Waals surface area contributed by atoms with Crippen LogP contribution in [0.1, 0.15) is 43.8 Å². The number of halogens is 3. The van der Waals surface area contributed by atoms with Crippen molar-refractivity contribution >= 4 is 17.6 Å². The van der Waals surface area contributed by atoms with E-state index in [9.17, 15) is 13.6 Å². The molecule has 1 amide bonds. The van der Waals surface area contributed by atoms with Crippen LogP contribution in [0.3, 0.4) is 0 Å². The van der Waals surface area contributed by atoms with E-state index >= 15 is 4.39 Å². The summed E-state index contributed by atoms with van der Waals surface area (Å²) >= 11 is 0. The van der Waals surface area contributed by atoms with Crippen molar-refractivity contribution in [2.75, 3.05) is 37.7 Å². The second-order valence-electron chi connectivity index (χ2n) is 11.5. The number of pyridine rings is 2. The number of piperazine rings is 1. The van der Waals surface area contributed by atoms with Gasteiger partial charge in [0, 0.05) is 67.8 Å². The Labute approximate surface area is 246 Å². The van der Waals surface area contributed by atoms with E-state index in [2.05, 4.69) is 14.9 Å². The molecule has 0 radical (unpaired) electrons. The summed E-state index contributed by atoms with van der Waals surface area (Å²) in [5.41, 5.74) is 2.49. The molecule has 43 heavy (non-hydrogen) atoms. The van der Waals surface area contributed by atoms with E-state index in [-0.39, 0.29) is 11.8 Å². The van der Waals surface area contributed by atoms with Gasteiger partial charge in [-0.25, -0.2) is 19.2 Å². The zero-order valence-electron chi connectivity index (χ0n) is 24.1. The van der Waals surface area contributed by atoms with Crippen molar-refractivity contribution in [3.05, 3.63) is 77.6 Å². The van der Waals surface area contributed by atoms with Gasteiger partial charge in [-0.05, 0) is 39.0 Å². The predicted molar refractivity (Wildman–Crippen MR) is 153 cm³/mol. The Morgan fingerprint density at radius 2 is 1.86 bits per heavy atom. The number of nitrogens with zero attached hydrogens (tertiary/aromatic N) is 5. The van der Waals surface area contributed by atoms with Crippen LogP contribution < -0.4 is 9.64 Å². The Bertz CT molecular complexity index is 1630. The second kappa shape index (κ2) is 11.4. The summed E-state index contributed by atoms with van der Waals surface area (Å²) < 4.78 is 59.7. The minimum atomic E-state index is -2.99. The number of hydrogen-bond acceptors (Lipinski definition) is 7. The standard InChI is InChI=1S/C31H32F3N5O4/c1-31(2,3)43-30(40)38-13-11-37(12-14-38)25-9-8-19(17-35-25)21-18-39-26(16-22(21)32)36-23-10-15-41-28(27(23)39)20-6-4-5-7-24(20)42-29(33)34/h4-9,16-18,28-29H,10-15H2,1-3H3. The van der Waals surface area contributed by atoms with Crippen molar-refractivity contribution in [1.29, 1.82) is 0 Å². The monoisotopic (exact) mass is 595 g/mol. The smallest absolute Gasteiger partial charge is 0.410 e. The molecule has 12 heteroatoms. The molecule has 3 aromatic heterocycles. The normalized spacial score (nSPS) is 17.3. The molecule has 6 rings (SSSR count). The van der Waals surface area contributed by atoms with Gasteiger partial charge in [-0.1, -0.05) is 18.2 Å². The van der Waals surface area contributed by atoms with Crippen LogP contribution in [0.5, 0.6) is 5.75 Å². The molecule has 4 aromatic rings. The van der Waals surface area contributed by atoms with Crippen LogP contribution in [0.25, 0.3) is 16.8 Å². The van der Waals surface area contributed by atoms with Gasteiger partial charge in [0.1, 0.15) is 34.7 Å². The average Bonchev–Trinajstić information content (AvgIpc) is 3.33. The lowest BCUT2D eigenvalue weighted by Crippen LogP contribution is -2.50. The second-order valence-corrected chi connectivity index (χ2v) is 11.5. The lowest BCUT2D eigenvalue weighted by atomic mass is 10.0. The summed E-state index contributed by atoms with van der Waals surface area (Å²) in [4.78, 5) is 25.4. The number of imidazole rings is 1. The molecule has 1 fully saturated rings. The number of aromatic nitrogens is 3. The highest BCUT2D eigenvalue weighted by Crippen LogP contribution is 2.39. The minimum Gasteiger partial charge on any atom is -0.444 e. The maximum absolute atomic E-state index is 15.4. The summed E-state index contributed by atoms with van der Waals surface area (Å²) in [6.07, 6.45) is 2.70. The van der Waals surface area contributed by atoms with Gasteiger partial charge in [-0.3, -0.25) is 4.40 Å². The molecule has 0 bridgehead atoms. The van der Waals surface area contributed by atoms with E-state index in [4.69, 9.17) is 14.2 Å². The van der Waals surface area contributed by atoms with Crippen LogP contribution in [-0.4, -0.2) is 70.4 Å². The zero-order valence-corrected chi connectivity index (χ0v) is 24.1. The molecule has 5 heterocycles. The molecule has 1 unspecified atom stereocenters. The van der Waals surface area contributed by atoms with Gasteiger partial charge in [0.15, 0.2) is 0 Å². The molecule has 2 aliphatic rings. The highest BCUT2D eigenvalue weighted by Gasteiger charge is 2.31. The van der Waals surface area contributed by atoms with Crippen molar-refractivity contribution in [3.63, 3.8) is 0 Å². The number of hydrogen-bond donors (Lipinski definition) is 0. The molecule has 0 saturated carbocycles. The lowest BCUT2D eigenvalue weighted by molar-refractivity contribution is -0.0522. The largest absolute Gasteiger partial charge is 0.444 e. The quantitative estimate of drug-likeness (QED) is 0.286. The Balaban J connectivity index is 1.26. The van der Waals surface area contributed by atoms with Gasteiger partial charge >= 0.3 is 12.7 Å². The van der Waals surface area contributed by atoms with Gasteiger partial charge in [-0.2, -0.15) is 8.78 Å². The van der Waals surface area contributed by atoms with Crippen LogP contribution in [0.2, 0.25) is 0 Å². The van der Waals surface area contributed by atoms with Gasteiger partial charge in [0.05, 0.1) is 18.0 Å². The SMILES string of the molecule is CC(C)(C)OC(=O)N1CCN(c2ccc(-c3cn4c5c(nc4cc3F)CCOC5c3ccccc3OC(F)F)cn2)CC1. The number of fused-ring (bicyclic) bond motifs is 3. The lowest BCUT2D eigenvalue weighted by Gasteiger charge is -2.36. The molecule has 2 aliphatic heterocycles. The zero-order chi connectivity index (χ0) is 30.3. The van der Waals surface area contributed by atoms with Gasteiger partial charge in [0.25, 0.3) is 0 Å². The highest BCUT2D eigenvalue weighted by molar-refractivity contribution is 5.69. The Hall–Kier alpha value is -4.32. The number of rotatable bonds is 5. The highest BCUT2D eigenvalue weighted by atomic mass is 19.3. The van der Waals surface area contributed by atoms with E-state index in [1.165, 1.54) is 12.1 Å². The number of alkyl halides is 2. The fraction of sp³-hybridized carbons (Fsp3) is 0.387. The number of ether oxygens (including phenoxy) is 3. The first-order chi connectivity index (χ1) is 20.6. The van der Waals surface area contributed by atoms with Crippen molar-refractivity contribution < 1.29 is 32.2 Å². The van der Waals surface area contributed by atoms with Crippen molar-refractivity contribution in [3.8, 4) is 16.9 Å². The summed E-state index contributed by atoms with van der Waals surface area (Å²) in [6.45, 7) is 5.04. The fourth-order valence-electron chi connectivity index (χ4n) is 5.47. The van der Waals surface area contributed by atoms with Crippen LogP contribution >= 0.6 is 0 Å². The Kier molecular flexibility index (Phi) is 7.63. The molecular weight excluding hydrogens is 563 g/mol. The van der Waals surface area contributed by atoms with Crippen LogP contribution in [0, 0.1) is 5.82 Å². The molecule has 226 valence electrons. The Morgan fingerprint density at radius 3 is 2.56 bits per heavy atom. The molecule has 0 aliphatic carbocycles. The number of carbonyl (C=O) groups is 1. The molecule has 9 nitrogen and oxygen atoms in total. The van der Waals surface area contributed by atoms with E-state index < -0.39 is 24.1 Å². The molecular formula is C31H32F3N5O4. The third-order valence-corrected chi connectivity index (χ3v) is 7.43. The maximum Gasteiger partial charge on any atom is 0.410 e. The first-order valence-corrected chi connectivity index (χ1v) is 14.1.